The van der Waals surface area contributed by atoms with Gasteiger partial charge in [-0.15, -0.1) is 0 Å². The van der Waals surface area contributed by atoms with Crippen molar-refractivity contribution < 1.29 is 4.79 Å². The number of fused-ring (bicyclic) bond motifs is 2. The number of H-pyrrole nitrogens is 1. The molecule has 2 aliphatic carbocycles. The maximum Gasteiger partial charge on any atom is 0.207 e. The minimum absolute atomic E-state index is 0. The van der Waals surface area contributed by atoms with E-state index in [1.54, 1.807) is 12.4 Å². The predicted molar refractivity (Wildman–Crippen MR) is 127 cm³/mol. The van der Waals surface area contributed by atoms with Crippen LogP contribution in [0.3, 0.4) is 0 Å². The molecule has 0 saturated heterocycles. The zero-order valence-electron chi connectivity index (χ0n) is 16.7. The van der Waals surface area contributed by atoms with Gasteiger partial charge in [0.05, 0.1) is 11.9 Å². The smallest absolute Gasteiger partial charge is 0.207 e. The third-order valence-corrected chi connectivity index (χ3v) is 6.48. The fourth-order valence-corrected chi connectivity index (χ4v) is 4.81. The molecular weight excluding hydrogens is 460 g/mol. The summed E-state index contributed by atoms with van der Waals surface area (Å²) in [6.45, 7) is 0.553. The standard InChI is InChI=1S/C16H17BrN2.C7H8N2O.H2S/c17-13-5-3-11(4-6-13)15-9-18-16(19-15)14-8-10-1-2-12(14)7-10;10-6-9-5-7-2-1-3-8-4-7;/h3-6,9-10,12,14H,1-2,7-8H2,(H,18,19);1-4,6H,5H2,(H,9,10);1H2/t10?,12?,14-;;/m1../s1. The van der Waals surface area contributed by atoms with Crippen LogP contribution in [0.5, 0.6) is 0 Å². The largest absolute Gasteiger partial charge is 0.355 e. The second-order valence-corrected chi connectivity index (χ2v) is 8.75. The second-order valence-electron chi connectivity index (χ2n) is 7.83. The van der Waals surface area contributed by atoms with Crippen LogP contribution in [0.4, 0.5) is 0 Å². The summed E-state index contributed by atoms with van der Waals surface area (Å²) in [7, 11) is 0. The average molecular weight is 487 g/mol. The lowest BCUT2D eigenvalue weighted by atomic mass is 9.88. The Morgan fingerprint density at radius 1 is 1.13 bits per heavy atom. The van der Waals surface area contributed by atoms with Crippen molar-refractivity contribution in [2.45, 2.75) is 38.1 Å². The molecule has 0 spiro atoms. The number of aromatic amines is 1. The van der Waals surface area contributed by atoms with Crippen LogP contribution in [0.25, 0.3) is 11.3 Å². The van der Waals surface area contributed by atoms with E-state index in [1.807, 2.05) is 18.3 Å². The molecule has 2 heterocycles. The number of aromatic nitrogens is 3. The van der Waals surface area contributed by atoms with Crippen LogP contribution < -0.4 is 5.32 Å². The van der Waals surface area contributed by atoms with Gasteiger partial charge in [-0.1, -0.05) is 40.5 Å². The van der Waals surface area contributed by atoms with Gasteiger partial charge in [-0.2, -0.15) is 13.5 Å². The van der Waals surface area contributed by atoms with Crippen molar-refractivity contribution in [2.24, 2.45) is 11.8 Å². The molecule has 2 N–H and O–H groups in total. The number of benzene rings is 1. The molecule has 7 heteroatoms. The van der Waals surface area contributed by atoms with Crippen LogP contribution in [0, 0.1) is 11.8 Å². The highest BCUT2D eigenvalue weighted by atomic mass is 79.9. The summed E-state index contributed by atoms with van der Waals surface area (Å²) in [5.74, 6) is 3.75. The van der Waals surface area contributed by atoms with Gasteiger partial charge in [0.2, 0.25) is 6.41 Å². The van der Waals surface area contributed by atoms with E-state index in [0.29, 0.717) is 18.9 Å². The molecule has 2 fully saturated rings. The first-order valence-corrected chi connectivity index (χ1v) is 10.9. The lowest BCUT2D eigenvalue weighted by Gasteiger charge is -2.19. The van der Waals surface area contributed by atoms with E-state index in [0.717, 1.165) is 27.6 Å². The van der Waals surface area contributed by atoms with Gasteiger partial charge >= 0.3 is 0 Å². The van der Waals surface area contributed by atoms with Gasteiger partial charge in [0.1, 0.15) is 5.82 Å². The van der Waals surface area contributed by atoms with E-state index in [4.69, 9.17) is 0 Å². The second kappa shape index (κ2) is 10.8. The van der Waals surface area contributed by atoms with Crippen LogP contribution in [0.2, 0.25) is 0 Å². The predicted octanol–water partition coefficient (Wildman–Crippen LogP) is 5.18. The Hall–Kier alpha value is -2.12. The zero-order chi connectivity index (χ0) is 20.1. The summed E-state index contributed by atoms with van der Waals surface area (Å²) in [5, 5.41) is 2.54. The van der Waals surface area contributed by atoms with E-state index >= 15 is 0 Å². The van der Waals surface area contributed by atoms with E-state index in [-0.39, 0.29) is 13.5 Å². The van der Waals surface area contributed by atoms with Crippen LogP contribution in [0.15, 0.2) is 59.5 Å². The summed E-state index contributed by atoms with van der Waals surface area (Å²) >= 11 is 3.47. The minimum Gasteiger partial charge on any atom is -0.355 e. The van der Waals surface area contributed by atoms with E-state index in [9.17, 15) is 4.79 Å². The quantitative estimate of drug-likeness (QED) is 0.487. The molecule has 5 rings (SSSR count). The Balaban J connectivity index is 0.000000200. The lowest BCUT2D eigenvalue weighted by Crippen LogP contribution is -2.09. The number of carbonyl (C=O) groups excluding carboxylic acids is 1. The highest BCUT2D eigenvalue weighted by Crippen LogP contribution is 2.52. The van der Waals surface area contributed by atoms with Crippen molar-refractivity contribution in [3.8, 4) is 11.3 Å². The summed E-state index contributed by atoms with van der Waals surface area (Å²) in [4.78, 5) is 21.9. The number of hydrogen-bond donors (Lipinski definition) is 2. The molecular formula is C23H27BrN4OS. The molecule has 30 heavy (non-hydrogen) atoms. The molecule has 5 nitrogen and oxygen atoms in total. The molecule has 3 atom stereocenters. The Morgan fingerprint density at radius 3 is 2.60 bits per heavy atom. The third kappa shape index (κ3) is 5.52. The van der Waals surface area contributed by atoms with Gasteiger partial charge in [0, 0.05) is 29.3 Å². The van der Waals surface area contributed by atoms with Crippen molar-refractivity contribution in [1.82, 2.24) is 20.3 Å². The van der Waals surface area contributed by atoms with Gasteiger partial charge in [-0.25, -0.2) is 4.98 Å². The van der Waals surface area contributed by atoms with Crippen molar-refractivity contribution in [2.75, 3.05) is 0 Å². The molecule has 2 bridgehead atoms. The monoisotopic (exact) mass is 486 g/mol. The van der Waals surface area contributed by atoms with Gasteiger partial charge < -0.3 is 10.3 Å². The summed E-state index contributed by atoms with van der Waals surface area (Å²) in [6.07, 6.45) is 11.7. The highest BCUT2D eigenvalue weighted by Gasteiger charge is 2.41. The molecule has 158 valence electrons. The highest BCUT2D eigenvalue weighted by molar-refractivity contribution is 9.10. The maximum absolute atomic E-state index is 9.85. The number of pyridine rings is 1. The first-order valence-electron chi connectivity index (χ1n) is 10.1. The van der Waals surface area contributed by atoms with Crippen LogP contribution in [-0.2, 0) is 11.3 Å². The number of halogens is 1. The van der Waals surface area contributed by atoms with Gasteiger partial charge in [-0.3, -0.25) is 9.78 Å². The van der Waals surface area contributed by atoms with Crippen molar-refractivity contribution in [3.05, 3.63) is 70.8 Å². The number of hydrogen-bond acceptors (Lipinski definition) is 3. The number of carbonyl (C=O) groups is 1. The third-order valence-electron chi connectivity index (χ3n) is 5.95. The fraction of sp³-hybridized carbons (Fsp3) is 0.348. The van der Waals surface area contributed by atoms with Gasteiger partial charge in [-0.05, 0) is 60.4 Å². The van der Waals surface area contributed by atoms with E-state index in [2.05, 4.69) is 60.5 Å². The van der Waals surface area contributed by atoms with Gasteiger partial charge in [0.25, 0.3) is 0 Å². The van der Waals surface area contributed by atoms with Crippen molar-refractivity contribution >= 4 is 35.8 Å². The van der Waals surface area contributed by atoms with Crippen molar-refractivity contribution in [1.29, 1.82) is 0 Å². The normalized spacial score (nSPS) is 21.3. The Bertz CT molecular complexity index is 932. The number of rotatable bonds is 5. The Labute approximate surface area is 192 Å². The van der Waals surface area contributed by atoms with Crippen LogP contribution in [-0.4, -0.2) is 21.4 Å². The molecule has 2 aromatic heterocycles. The summed E-state index contributed by atoms with van der Waals surface area (Å²) in [5.41, 5.74) is 3.37. The lowest BCUT2D eigenvalue weighted by molar-refractivity contribution is -0.109. The van der Waals surface area contributed by atoms with Crippen LogP contribution in [0.1, 0.15) is 43.0 Å². The summed E-state index contributed by atoms with van der Waals surface area (Å²) < 4.78 is 1.11. The SMILES string of the molecule is Brc1ccc(-c2cnc([C@@H]3CC4CCC3C4)[nH]2)cc1.O=CNCc1cccnc1.S. The van der Waals surface area contributed by atoms with E-state index in [1.165, 1.54) is 37.1 Å². The molecule has 2 aliphatic rings. The number of nitrogens with zero attached hydrogens (tertiary/aromatic N) is 2. The summed E-state index contributed by atoms with van der Waals surface area (Å²) in [6, 6.07) is 12.1. The number of nitrogens with one attached hydrogen (secondary N) is 2. The molecule has 2 saturated carbocycles. The van der Waals surface area contributed by atoms with Gasteiger partial charge in [0.15, 0.2) is 0 Å². The molecule has 1 amide bonds. The molecule has 2 unspecified atom stereocenters. The number of imidazole rings is 1. The van der Waals surface area contributed by atoms with Crippen molar-refractivity contribution in [3.63, 3.8) is 0 Å². The maximum atomic E-state index is 9.85. The first kappa shape index (κ1) is 22.6. The number of amides is 1. The average Bonchev–Trinajstić information content (AvgIpc) is 3.51. The molecule has 0 radical (unpaired) electrons. The molecule has 0 aliphatic heterocycles. The molecule has 1 aromatic carbocycles. The van der Waals surface area contributed by atoms with E-state index < -0.39 is 0 Å². The zero-order valence-corrected chi connectivity index (χ0v) is 19.3. The minimum atomic E-state index is 0. The first-order chi connectivity index (χ1) is 14.2. The fourth-order valence-electron chi connectivity index (χ4n) is 4.54. The topological polar surface area (TPSA) is 70.7 Å². The van der Waals surface area contributed by atoms with Crippen LogP contribution >= 0.6 is 29.4 Å². The Kier molecular flexibility index (Phi) is 8.10. The Morgan fingerprint density at radius 2 is 1.97 bits per heavy atom. The molecule has 3 aromatic rings.